The third-order valence-corrected chi connectivity index (χ3v) is 10.2. The normalized spacial score (nSPS) is 22.4. The summed E-state index contributed by atoms with van der Waals surface area (Å²) in [4.78, 5) is 48.7. The second-order valence-corrected chi connectivity index (χ2v) is 15.0. The van der Waals surface area contributed by atoms with E-state index in [4.69, 9.17) is 24.1 Å². The maximum atomic E-state index is 12.7. The lowest BCUT2D eigenvalue weighted by Crippen LogP contribution is -2.41. The van der Waals surface area contributed by atoms with Crippen LogP contribution >= 0.6 is 0 Å². The van der Waals surface area contributed by atoms with E-state index in [1.54, 1.807) is 0 Å². The molecule has 1 unspecified atom stereocenters. The van der Waals surface area contributed by atoms with E-state index in [2.05, 4.69) is 34.6 Å². The van der Waals surface area contributed by atoms with Crippen molar-refractivity contribution in [3.63, 3.8) is 0 Å². The fourth-order valence-corrected chi connectivity index (χ4v) is 6.86. The van der Waals surface area contributed by atoms with Crippen LogP contribution in [0.1, 0.15) is 121 Å². The third-order valence-electron chi connectivity index (χ3n) is 10.2. The number of rotatable bonds is 18. The Hall–Kier alpha value is -3.24. The van der Waals surface area contributed by atoms with Gasteiger partial charge < -0.3 is 29.2 Å². The number of hydrogen-bond acceptors (Lipinski definition) is 10. The zero-order valence-electron chi connectivity index (χ0n) is 30.8. The molecule has 1 aromatic carbocycles. The molecule has 49 heavy (non-hydrogen) atoms. The van der Waals surface area contributed by atoms with Gasteiger partial charge in [0.05, 0.1) is 6.61 Å². The number of carbonyl (C=O) groups excluding carboxylic acids is 4. The number of carbonyl (C=O) groups is 4. The van der Waals surface area contributed by atoms with Gasteiger partial charge in [0.1, 0.15) is 23.2 Å². The van der Waals surface area contributed by atoms with Crippen molar-refractivity contribution >= 4 is 23.7 Å². The molecule has 2 heterocycles. The molecule has 0 saturated carbocycles. The molecule has 6 atom stereocenters. The van der Waals surface area contributed by atoms with E-state index in [9.17, 15) is 24.3 Å². The Bertz CT molecular complexity index is 1360. The number of Topliss-reactive ketones (excluding diaryl/α,β-unsaturated/α-hetero) is 1. The van der Waals surface area contributed by atoms with E-state index in [1.807, 2.05) is 20.8 Å². The lowest BCUT2D eigenvalue weighted by atomic mass is 9.83. The van der Waals surface area contributed by atoms with Gasteiger partial charge >= 0.3 is 17.9 Å². The van der Waals surface area contributed by atoms with E-state index in [0.717, 1.165) is 77.7 Å². The number of fused-ring (bicyclic) bond motifs is 1. The molecule has 274 valence electrons. The summed E-state index contributed by atoms with van der Waals surface area (Å²) in [5.74, 6) is -0.882. The van der Waals surface area contributed by atoms with Crippen LogP contribution in [-0.2, 0) is 35.1 Å². The Labute approximate surface area is 291 Å². The van der Waals surface area contributed by atoms with Gasteiger partial charge in [-0.05, 0) is 87.8 Å². The molecule has 2 N–H and O–H groups in total. The SMILES string of the molecule is Cc1c(C)c2c(c(C)c1OC(=O)C=CC(=O)OC1C(=O)C(=O)O[C@@H]1[C@@H](O)CO)CC[C@@](C)(CCC[C@H](C)CCC[C@H](C)CCCC(C)C)O2. The van der Waals surface area contributed by atoms with Gasteiger partial charge in [-0.3, -0.25) is 4.79 Å². The molecule has 1 fully saturated rings. The second kappa shape index (κ2) is 18.1. The molecule has 2 aliphatic rings. The number of esters is 3. The molecule has 0 bridgehead atoms. The van der Waals surface area contributed by atoms with Crippen molar-refractivity contribution in [3.8, 4) is 11.5 Å². The van der Waals surface area contributed by atoms with Gasteiger partial charge in [0.15, 0.2) is 6.10 Å². The van der Waals surface area contributed by atoms with Crippen LogP contribution in [0.3, 0.4) is 0 Å². The molecule has 0 radical (unpaired) electrons. The minimum absolute atomic E-state index is 0.273. The van der Waals surface area contributed by atoms with Gasteiger partial charge in [-0.25, -0.2) is 14.4 Å². The standard InChI is InChI=1S/C39H58O10/c1-23(2)12-9-13-24(3)14-10-15-25(4)16-11-20-39(8)21-19-29-28(7)34(26(5)27(6)35(29)49-39)46-31(42)17-18-32(43)47-37-33(44)38(45)48-36(37)30(41)22-40/h17-18,23-25,30,36-37,40-41H,9-16,19-22H2,1-8H3/t24-,25-,30+,36-,37?,39-/m1/s1. The van der Waals surface area contributed by atoms with Crippen molar-refractivity contribution in [1.82, 2.24) is 0 Å². The van der Waals surface area contributed by atoms with Gasteiger partial charge in [-0.1, -0.05) is 72.6 Å². The number of hydrogen-bond donors (Lipinski definition) is 2. The molecule has 2 aliphatic heterocycles. The van der Waals surface area contributed by atoms with E-state index < -0.39 is 48.6 Å². The summed E-state index contributed by atoms with van der Waals surface area (Å²) in [6.45, 7) is 16.4. The third kappa shape index (κ3) is 11.1. The number of aliphatic hydroxyl groups excluding tert-OH is 2. The van der Waals surface area contributed by atoms with Crippen molar-refractivity contribution in [1.29, 1.82) is 0 Å². The molecule has 0 spiro atoms. The maximum Gasteiger partial charge on any atom is 0.379 e. The minimum atomic E-state index is -1.74. The fraction of sp³-hybridized carbons (Fsp3) is 0.692. The highest BCUT2D eigenvalue weighted by Gasteiger charge is 2.49. The Morgan fingerprint density at radius 1 is 0.898 bits per heavy atom. The van der Waals surface area contributed by atoms with Crippen LogP contribution in [-0.4, -0.2) is 64.4 Å². The second-order valence-electron chi connectivity index (χ2n) is 15.0. The van der Waals surface area contributed by atoms with Gasteiger partial charge in [-0.15, -0.1) is 0 Å². The highest BCUT2D eigenvalue weighted by Crippen LogP contribution is 2.45. The summed E-state index contributed by atoms with van der Waals surface area (Å²) in [7, 11) is 0. The number of cyclic esters (lactones) is 1. The zero-order valence-corrected chi connectivity index (χ0v) is 30.8. The van der Waals surface area contributed by atoms with Gasteiger partial charge in [-0.2, -0.15) is 0 Å². The largest absolute Gasteiger partial charge is 0.487 e. The van der Waals surface area contributed by atoms with Crippen LogP contribution in [0, 0.1) is 38.5 Å². The first-order chi connectivity index (χ1) is 23.1. The van der Waals surface area contributed by atoms with Crippen LogP contribution in [0.4, 0.5) is 0 Å². The molecule has 10 nitrogen and oxygen atoms in total. The summed E-state index contributed by atoms with van der Waals surface area (Å²) in [6.07, 6.45) is 9.52. The molecule has 0 aromatic heterocycles. The minimum Gasteiger partial charge on any atom is -0.487 e. The average molecular weight is 687 g/mol. The number of ether oxygens (including phenoxy) is 4. The summed E-state index contributed by atoms with van der Waals surface area (Å²) in [5.41, 5.74) is 3.17. The van der Waals surface area contributed by atoms with Crippen molar-refractivity contribution < 1.29 is 48.3 Å². The van der Waals surface area contributed by atoms with Crippen LogP contribution in [0.25, 0.3) is 0 Å². The van der Waals surface area contributed by atoms with Crippen molar-refractivity contribution in [2.75, 3.05) is 6.61 Å². The van der Waals surface area contributed by atoms with Crippen LogP contribution < -0.4 is 9.47 Å². The van der Waals surface area contributed by atoms with Gasteiger partial charge in [0.25, 0.3) is 5.78 Å². The first-order valence-corrected chi connectivity index (χ1v) is 18.0. The zero-order chi connectivity index (χ0) is 36.5. The van der Waals surface area contributed by atoms with Crippen molar-refractivity contribution in [2.45, 2.75) is 150 Å². The Balaban J connectivity index is 1.53. The smallest absolute Gasteiger partial charge is 0.379 e. The first-order valence-electron chi connectivity index (χ1n) is 18.0. The molecule has 3 rings (SSSR count). The molecule has 1 saturated heterocycles. The molecular formula is C39H58O10. The Morgan fingerprint density at radius 3 is 2.10 bits per heavy atom. The van der Waals surface area contributed by atoms with Gasteiger partial charge in [0.2, 0.25) is 6.10 Å². The Morgan fingerprint density at radius 2 is 1.49 bits per heavy atom. The predicted molar refractivity (Wildman–Crippen MR) is 185 cm³/mol. The monoisotopic (exact) mass is 686 g/mol. The van der Waals surface area contributed by atoms with E-state index in [0.29, 0.717) is 11.7 Å². The number of benzene rings is 1. The average Bonchev–Trinajstić information content (AvgIpc) is 3.32. The van der Waals surface area contributed by atoms with E-state index in [-0.39, 0.29) is 5.60 Å². The maximum absolute atomic E-state index is 12.7. The lowest BCUT2D eigenvalue weighted by Gasteiger charge is -2.38. The molecular weight excluding hydrogens is 628 g/mol. The van der Waals surface area contributed by atoms with Gasteiger partial charge in [0, 0.05) is 17.7 Å². The van der Waals surface area contributed by atoms with Crippen LogP contribution in [0.15, 0.2) is 12.2 Å². The lowest BCUT2D eigenvalue weighted by molar-refractivity contribution is -0.156. The van der Waals surface area contributed by atoms with Crippen molar-refractivity contribution in [2.24, 2.45) is 17.8 Å². The van der Waals surface area contributed by atoms with E-state index >= 15 is 0 Å². The predicted octanol–water partition coefficient (Wildman–Crippen LogP) is 6.36. The number of aliphatic hydroxyl groups is 2. The topological polar surface area (TPSA) is 146 Å². The van der Waals surface area contributed by atoms with Crippen molar-refractivity contribution in [3.05, 3.63) is 34.4 Å². The quantitative estimate of drug-likeness (QED) is 0.0775. The fourth-order valence-electron chi connectivity index (χ4n) is 6.86. The summed E-state index contributed by atoms with van der Waals surface area (Å²) in [5, 5.41) is 18.9. The summed E-state index contributed by atoms with van der Waals surface area (Å²) in [6, 6.07) is 0. The molecule has 1 aromatic rings. The highest BCUT2D eigenvalue weighted by atomic mass is 16.6. The first kappa shape index (κ1) is 40.2. The van der Waals surface area contributed by atoms with Crippen LogP contribution in [0.2, 0.25) is 0 Å². The van der Waals surface area contributed by atoms with Crippen LogP contribution in [0.5, 0.6) is 11.5 Å². The summed E-state index contributed by atoms with van der Waals surface area (Å²) < 4.78 is 22.0. The number of ketones is 1. The molecule has 0 amide bonds. The molecule has 10 heteroatoms. The Kier molecular flexibility index (Phi) is 14.9. The summed E-state index contributed by atoms with van der Waals surface area (Å²) >= 11 is 0. The highest BCUT2D eigenvalue weighted by molar-refractivity contribution is 6.37. The molecule has 0 aliphatic carbocycles. The van der Waals surface area contributed by atoms with E-state index in [1.165, 1.54) is 44.9 Å².